The Labute approximate surface area is 146 Å². The molecule has 2 saturated heterocycles. The highest BCUT2D eigenvalue weighted by molar-refractivity contribution is 7.88. The van der Waals surface area contributed by atoms with E-state index in [4.69, 9.17) is 4.74 Å². The number of nitrogens with zero attached hydrogens (tertiary/aromatic N) is 2. The summed E-state index contributed by atoms with van der Waals surface area (Å²) in [5, 5.41) is 9.73. The molecule has 3 rings (SSSR count). The summed E-state index contributed by atoms with van der Waals surface area (Å²) in [5.74, 6) is -1.29. The summed E-state index contributed by atoms with van der Waals surface area (Å²) < 4.78 is 43.9. The Morgan fingerprint density at radius 1 is 1.40 bits per heavy atom. The molecule has 0 aromatic heterocycles. The van der Waals surface area contributed by atoms with Crippen molar-refractivity contribution in [3.05, 3.63) is 29.6 Å². The van der Waals surface area contributed by atoms with Gasteiger partial charge in [-0.05, 0) is 6.07 Å². The Balaban J connectivity index is 1.78. The van der Waals surface area contributed by atoms with E-state index in [9.17, 15) is 22.7 Å². The molecule has 9 heteroatoms. The van der Waals surface area contributed by atoms with Crippen LogP contribution in [-0.2, 0) is 21.4 Å². The van der Waals surface area contributed by atoms with E-state index in [2.05, 4.69) is 0 Å². The summed E-state index contributed by atoms with van der Waals surface area (Å²) in [4.78, 5) is 13.8. The van der Waals surface area contributed by atoms with Crippen molar-refractivity contribution >= 4 is 16.0 Å². The van der Waals surface area contributed by atoms with Crippen molar-refractivity contribution < 1.29 is 27.4 Å². The SMILES string of the molecule is COc1ccc(CN2C[C@@H]3CN(S(C)(=O)=O)C[C@]3(C(=O)O)C2)c(F)c1. The van der Waals surface area contributed by atoms with Crippen LogP contribution in [0.3, 0.4) is 0 Å². The van der Waals surface area contributed by atoms with Crippen molar-refractivity contribution in [2.45, 2.75) is 6.54 Å². The number of fused-ring (bicyclic) bond motifs is 1. The predicted octanol–water partition coefficient (Wildman–Crippen LogP) is 0.612. The van der Waals surface area contributed by atoms with E-state index in [1.54, 1.807) is 12.1 Å². The zero-order valence-electron chi connectivity index (χ0n) is 14.1. The molecule has 1 aromatic rings. The van der Waals surface area contributed by atoms with Crippen molar-refractivity contribution in [3.8, 4) is 5.75 Å². The number of halogens is 1. The van der Waals surface area contributed by atoms with Gasteiger partial charge in [-0.2, -0.15) is 0 Å². The van der Waals surface area contributed by atoms with Gasteiger partial charge in [-0.25, -0.2) is 17.1 Å². The molecule has 0 unspecified atom stereocenters. The lowest BCUT2D eigenvalue weighted by molar-refractivity contribution is -0.148. The van der Waals surface area contributed by atoms with Crippen LogP contribution in [0.5, 0.6) is 5.75 Å². The lowest BCUT2D eigenvalue weighted by Gasteiger charge is -2.24. The highest BCUT2D eigenvalue weighted by atomic mass is 32.2. The van der Waals surface area contributed by atoms with Gasteiger partial charge in [0, 0.05) is 50.3 Å². The molecular formula is C16H21FN2O5S. The van der Waals surface area contributed by atoms with E-state index in [1.165, 1.54) is 17.5 Å². The lowest BCUT2D eigenvalue weighted by atomic mass is 9.81. The van der Waals surface area contributed by atoms with Gasteiger partial charge in [0.2, 0.25) is 10.0 Å². The van der Waals surface area contributed by atoms with Crippen LogP contribution >= 0.6 is 0 Å². The topological polar surface area (TPSA) is 87.2 Å². The van der Waals surface area contributed by atoms with Crippen LogP contribution in [0.25, 0.3) is 0 Å². The smallest absolute Gasteiger partial charge is 0.312 e. The first-order valence-corrected chi connectivity index (χ1v) is 9.74. The second-order valence-electron chi connectivity index (χ2n) is 6.84. The van der Waals surface area contributed by atoms with Crippen molar-refractivity contribution in [3.63, 3.8) is 0 Å². The van der Waals surface area contributed by atoms with Crippen LogP contribution in [0, 0.1) is 17.2 Å². The average molecular weight is 372 g/mol. The maximum atomic E-state index is 14.1. The van der Waals surface area contributed by atoms with Crippen LogP contribution in [0.1, 0.15) is 5.56 Å². The van der Waals surface area contributed by atoms with Crippen LogP contribution < -0.4 is 4.74 Å². The second-order valence-corrected chi connectivity index (χ2v) is 8.82. The first-order valence-electron chi connectivity index (χ1n) is 7.89. The number of sulfonamides is 1. The average Bonchev–Trinajstić information content (AvgIpc) is 3.04. The molecule has 1 aromatic carbocycles. The van der Waals surface area contributed by atoms with Gasteiger partial charge in [0.1, 0.15) is 11.6 Å². The number of methoxy groups -OCH3 is 1. The molecule has 1 N–H and O–H groups in total. The molecule has 0 spiro atoms. The van der Waals surface area contributed by atoms with E-state index in [0.29, 0.717) is 17.9 Å². The molecule has 25 heavy (non-hydrogen) atoms. The summed E-state index contributed by atoms with van der Waals surface area (Å²) in [5.41, 5.74) is -0.673. The van der Waals surface area contributed by atoms with Gasteiger partial charge in [-0.1, -0.05) is 6.07 Å². The predicted molar refractivity (Wildman–Crippen MR) is 88.2 cm³/mol. The normalized spacial score (nSPS) is 27.4. The van der Waals surface area contributed by atoms with Gasteiger partial charge in [0.25, 0.3) is 0 Å². The molecule has 2 aliphatic rings. The monoisotopic (exact) mass is 372 g/mol. The van der Waals surface area contributed by atoms with Gasteiger partial charge in [-0.3, -0.25) is 9.69 Å². The minimum atomic E-state index is -3.43. The van der Waals surface area contributed by atoms with E-state index in [1.807, 2.05) is 4.90 Å². The van der Waals surface area contributed by atoms with Crippen LogP contribution in [-0.4, -0.2) is 68.2 Å². The number of hydrogen-bond acceptors (Lipinski definition) is 5. The Hall–Kier alpha value is -1.71. The molecule has 2 heterocycles. The molecule has 0 aliphatic carbocycles. The Morgan fingerprint density at radius 2 is 2.12 bits per heavy atom. The molecule has 0 saturated carbocycles. The van der Waals surface area contributed by atoms with Crippen LogP contribution in [0.15, 0.2) is 18.2 Å². The maximum absolute atomic E-state index is 14.1. The lowest BCUT2D eigenvalue weighted by Crippen LogP contribution is -2.41. The highest BCUT2D eigenvalue weighted by Crippen LogP contribution is 2.44. The first-order chi connectivity index (χ1) is 11.7. The van der Waals surface area contributed by atoms with Gasteiger partial charge < -0.3 is 9.84 Å². The van der Waals surface area contributed by atoms with Crippen molar-refractivity contribution in [2.75, 3.05) is 39.5 Å². The molecule has 0 bridgehead atoms. The van der Waals surface area contributed by atoms with Gasteiger partial charge in [0.15, 0.2) is 0 Å². The molecule has 2 aliphatic heterocycles. The first kappa shape index (κ1) is 18.1. The Bertz CT molecular complexity index is 800. The third kappa shape index (κ3) is 3.23. The fourth-order valence-electron chi connectivity index (χ4n) is 3.82. The zero-order chi connectivity index (χ0) is 18.4. The number of hydrogen-bond donors (Lipinski definition) is 1. The number of ether oxygens (including phenoxy) is 1. The number of carboxylic acid groups (broad SMARTS) is 1. The molecule has 0 radical (unpaired) electrons. The zero-order valence-corrected chi connectivity index (χ0v) is 14.9. The molecule has 0 amide bonds. The minimum absolute atomic E-state index is 0.0343. The number of carboxylic acids is 1. The minimum Gasteiger partial charge on any atom is -0.497 e. The second kappa shape index (κ2) is 6.22. The summed E-state index contributed by atoms with van der Waals surface area (Å²) in [6.45, 7) is 1.05. The van der Waals surface area contributed by atoms with Crippen molar-refractivity contribution in [2.24, 2.45) is 11.3 Å². The Kier molecular flexibility index (Phi) is 4.50. The van der Waals surface area contributed by atoms with Crippen molar-refractivity contribution in [1.29, 1.82) is 0 Å². The summed E-state index contributed by atoms with van der Waals surface area (Å²) >= 11 is 0. The molecule has 7 nitrogen and oxygen atoms in total. The van der Waals surface area contributed by atoms with Crippen LogP contribution in [0.4, 0.5) is 4.39 Å². The molecule has 2 fully saturated rings. The quantitative estimate of drug-likeness (QED) is 0.815. The Morgan fingerprint density at radius 3 is 2.64 bits per heavy atom. The van der Waals surface area contributed by atoms with E-state index in [-0.39, 0.29) is 32.1 Å². The molecule has 2 atom stereocenters. The number of rotatable bonds is 5. The number of aliphatic carboxylic acids is 1. The maximum Gasteiger partial charge on any atom is 0.312 e. The molecular weight excluding hydrogens is 351 g/mol. The van der Waals surface area contributed by atoms with E-state index < -0.39 is 27.2 Å². The van der Waals surface area contributed by atoms with Gasteiger partial charge in [-0.15, -0.1) is 0 Å². The van der Waals surface area contributed by atoms with Crippen LogP contribution in [0.2, 0.25) is 0 Å². The number of likely N-dealkylation sites (tertiary alicyclic amines) is 1. The molecule has 138 valence electrons. The van der Waals surface area contributed by atoms with Gasteiger partial charge >= 0.3 is 5.97 Å². The fraction of sp³-hybridized carbons (Fsp3) is 0.562. The largest absolute Gasteiger partial charge is 0.497 e. The summed E-state index contributed by atoms with van der Waals surface area (Å²) in [7, 11) is -1.97. The van der Waals surface area contributed by atoms with Crippen molar-refractivity contribution in [1.82, 2.24) is 9.21 Å². The number of benzene rings is 1. The third-order valence-corrected chi connectivity index (χ3v) is 6.41. The standard InChI is InChI=1S/C16H21FN2O5S/c1-24-13-4-3-11(14(17)5-13)6-18-7-12-8-19(25(2,22)23)10-16(12,9-18)15(20)21/h3-5,12H,6-10H2,1-2H3,(H,20,21)/t12-,16-/m1/s1. The number of carbonyl (C=O) groups is 1. The highest BCUT2D eigenvalue weighted by Gasteiger charge is 2.59. The fourth-order valence-corrected chi connectivity index (χ4v) is 4.74. The summed E-state index contributed by atoms with van der Waals surface area (Å²) in [6.07, 6.45) is 1.09. The van der Waals surface area contributed by atoms with E-state index in [0.717, 1.165) is 6.26 Å². The van der Waals surface area contributed by atoms with Gasteiger partial charge in [0.05, 0.1) is 18.8 Å². The summed E-state index contributed by atoms with van der Waals surface area (Å²) in [6, 6.07) is 4.58. The third-order valence-electron chi connectivity index (χ3n) is 5.20. The van der Waals surface area contributed by atoms with E-state index >= 15 is 0 Å².